The van der Waals surface area contributed by atoms with Crippen LogP contribution in [0.15, 0.2) is 0 Å². The summed E-state index contributed by atoms with van der Waals surface area (Å²) in [7, 11) is 0. The molecule has 0 aromatic rings. The molecule has 110 valence electrons. The number of carbonyl (C=O) groups is 1. The number of nitrogens with two attached hydrogens (primary N) is 1. The number of amides is 1. The van der Waals surface area contributed by atoms with E-state index in [0.717, 1.165) is 19.4 Å². The number of rotatable bonds is 4. The van der Waals surface area contributed by atoms with Gasteiger partial charge in [-0.05, 0) is 12.8 Å². The highest BCUT2D eigenvalue weighted by Gasteiger charge is 2.70. The number of aliphatic hydroxyl groups is 2. The first kappa shape index (κ1) is 14.7. The molecule has 4 atom stereocenters. The van der Waals surface area contributed by atoms with Gasteiger partial charge >= 0.3 is 0 Å². The van der Waals surface area contributed by atoms with Gasteiger partial charge in [-0.1, -0.05) is 13.8 Å². The van der Waals surface area contributed by atoms with E-state index in [1.54, 1.807) is 0 Å². The second-order valence-corrected chi connectivity index (χ2v) is 6.18. The van der Waals surface area contributed by atoms with Crippen LogP contribution in [-0.2, 0) is 9.53 Å². The molecule has 0 bridgehead atoms. The summed E-state index contributed by atoms with van der Waals surface area (Å²) in [6, 6.07) is 0. The Morgan fingerprint density at radius 3 is 2.89 bits per heavy atom. The fourth-order valence-corrected chi connectivity index (χ4v) is 3.46. The van der Waals surface area contributed by atoms with Crippen molar-refractivity contribution in [1.29, 1.82) is 0 Å². The lowest BCUT2D eigenvalue weighted by molar-refractivity contribution is -0.225. The van der Waals surface area contributed by atoms with Crippen LogP contribution in [0.1, 0.15) is 26.7 Å². The molecule has 6 heteroatoms. The monoisotopic (exact) mass is 272 g/mol. The first-order valence-corrected chi connectivity index (χ1v) is 6.83. The molecule has 6 nitrogen and oxygen atoms in total. The Bertz CT molecular complexity index is 361. The van der Waals surface area contributed by atoms with Crippen molar-refractivity contribution in [2.24, 2.45) is 17.1 Å². The average Bonchev–Trinajstić information content (AvgIpc) is 2.43. The van der Waals surface area contributed by atoms with Crippen molar-refractivity contribution in [3.8, 4) is 0 Å². The highest BCUT2D eigenvalue weighted by molar-refractivity contribution is 5.89. The first-order chi connectivity index (χ1) is 8.85. The van der Waals surface area contributed by atoms with Crippen LogP contribution < -0.4 is 11.1 Å². The van der Waals surface area contributed by atoms with Crippen molar-refractivity contribution >= 4 is 5.91 Å². The maximum atomic E-state index is 12.4. The van der Waals surface area contributed by atoms with E-state index in [1.807, 2.05) is 13.8 Å². The third-order valence-corrected chi connectivity index (χ3v) is 4.77. The minimum atomic E-state index is -0.965. The van der Waals surface area contributed by atoms with E-state index < -0.39 is 17.1 Å². The number of fused-ring (bicyclic) bond motifs is 1. The number of carbonyl (C=O) groups excluding carboxylic acids is 1. The molecular weight excluding hydrogens is 248 g/mol. The topological polar surface area (TPSA) is 105 Å². The second kappa shape index (κ2) is 5.01. The molecule has 1 amide bonds. The van der Waals surface area contributed by atoms with Crippen molar-refractivity contribution in [2.75, 3.05) is 19.8 Å². The molecule has 1 heterocycles. The Kier molecular flexibility index (Phi) is 3.88. The standard InChI is InChI=1S/C13H24N2O4/c1-12(2)10-9(4-3-5-19-10)13(12,14)11(18)15-6-8(17)7-16/h8-10,16-17H,3-7,14H2,1-2H3,(H,15,18). The average molecular weight is 272 g/mol. The number of nitrogens with one attached hydrogen (secondary N) is 1. The lowest BCUT2D eigenvalue weighted by atomic mass is 9.46. The lowest BCUT2D eigenvalue weighted by Crippen LogP contribution is -2.82. The van der Waals surface area contributed by atoms with E-state index in [9.17, 15) is 9.90 Å². The molecule has 19 heavy (non-hydrogen) atoms. The number of ether oxygens (including phenoxy) is 1. The van der Waals surface area contributed by atoms with Crippen molar-refractivity contribution in [1.82, 2.24) is 5.32 Å². The van der Waals surface area contributed by atoms with Gasteiger partial charge in [-0.3, -0.25) is 4.79 Å². The fourth-order valence-electron chi connectivity index (χ4n) is 3.46. The molecule has 5 N–H and O–H groups in total. The Labute approximate surface area is 113 Å². The van der Waals surface area contributed by atoms with Gasteiger partial charge in [0.15, 0.2) is 0 Å². The molecule has 2 fully saturated rings. The summed E-state index contributed by atoms with van der Waals surface area (Å²) in [5.74, 6) is -0.237. The molecule has 1 saturated heterocycles. The summed E-state index contributed by atoms with van der Waals surface area (Å²) >= 11 is 0. The quantitative estimate of drug-likeness (QED) is 0.525. The summed E-state index contributed by atoms with van der Waals surface area (Å²) in [4.78, 5) is 12.4. The Hall–Kier alpha value is -0.690. The molecule has 0 aromatic carbocycles. The van der Waals surface area contributed by atoms with Gasteiger partial charge in [-0.15, -0.1) is 0 Å². The second-order valence-electron chi connectivity index (χ2n) is 6.18. The highest BCUT2D eigenvalue weighted by atomic mass is 16.5. The highest BCUT2D eigenvalue weighted by Crippen LogP contribution is 2.57. The molecule has 1 aliphatic carbocycles. The van der Waals surface area contributed by atoms with Gasteiger partial charge in [0.25, 0.3) is 0 Å². The van der Waals surface area contributed by atoms with Gasteiger partial charge < -0.3 is 26.0 Å². The molecular formula is C13H24N2O4. The molecule has 0 spiro atoms. The Balaban J connectivity index is 2.06. The van der Waals surface area contributed by atoms with Crippen molar-refractivity contribution < 1.29 is 19.7 Å². The van der Waals surface area contributed by atoms with Crippen LogP contribution >= 0.6 is 0 Å². The van der Waals surface area contributed by atoms with Gasteiger partial charge in [-0.25, -0.2) is 0 Å². The molecule has 2 aliphatic rings. The normalized spacial score (nSPS) is 37.9. The SMILES string of the molecule is CC1(C)C2OCCCC2C1(N)C(=O)NCC(O)CO. The largest absolute Gasteiger partial charge is 0.394 e. The van der Waals surface area contributed by atoms with Gasteiger partial charge in [0.1, 0.15) is 5.54 Å². The van der Waals surface area contributed by atoms with E-state index in [-0.39, 0.29) is 31.1 Å². The van der Waals surface area contributed by atoms with Crippen LogP contribution in [0.2, 0.25) is 0 Å². The summed E-state index contributed by atoms with van der Waals surface area (Å²) in [6.45, 7) is 4.26. The van der Waals surface area contributed by atoms with Gasteiger partial charge in [0.2, 0.25) is 5.91 Å². The number of aliphatic hydroxyl groups excluding tert-OH is 2. The van der Waals surface area contributed by atoms with Crippen molar-refractivity contribution in [3.05, 3.63) is 0 Å². The van der Waals surface area contributed by atoms with E-state index >= 15 is 0 Å². The summed E-state index contributed by atoms with van der Waals surface area (Å²) in [5.41, 5.74) is 4.98. The molecule has 1 saturated carbocycles. The Morgan fingerprint density at radius 2 is 2.26 bits per heavy atom. The molecule has 2 rings (SSSR count). The zero-order valence-electron chi connectivity index (χ0n) is 11.6. The lowest BCUT2D eigenvalue weighted by Gasteiger charge is -2.65. The third kappa shape index (κ3) is 2.07. The van der Waals surface area contributed by atoms with Crippen molar-refractivity contribution in [3.63, 3.8) is 0 Å². The number of hydrogen-bond acceptors (Lipinski definition) is 5. The van der Waals surface area contributed by atoms with Crippen LogP contribution in [0, 0.1) is 11.3 Å². The zero-order valence-corrected chi connectivity index (χ0v) is 11.6. The number of hydrogen-bond donors (Lipinski definition) is 4. The molecule has 1 aliphatic heterocycles. The summed E-state index contributed by atoms with van der Waals surface area (Å²) < 4.78 is 5.74. The van der Waals surface area contributed by atoms with Crippen LogP contribution in [0.4, 0.5) is 0 Å². The molecule has 0 aromatic heterocycles. The van der Waals surface area contributed by atoms with Crippen molar-refractivity contribution in [2.45, 2.75) is 44.4 Å². The maximum absolute atomic E-state index is 12.4. The maximum Gasteiger partial charge on any atom is 0.241 e. The van der Waals surface area contributed by atoms with E-state index in [2.05, 4.69) is 5.32 Å². The Morgan fingerprint density at radius 1 is 1.58 bits per heavy atom. The van der Waals surface area contributed by atoms with Gasteiger partial charge in [-0.2, -0.15) is 0 Å². The minimum Gasteiger partial charge on any atom is -0.394 e. The smallest absolute Gasteiger partial charge is 0.241 e. The zero-order chi connectivity index (χ0) is 14.3. The van der Waals surface area contributed by atoms with E-state index in [4.69, 9.17) is 15.6 Å². The van der Waals surface area contributed by atoms with E-state index in [1.165, 1.54) is 0 Å². The summed E-state index contributed by atoms with van der Waals surface area (Å²) in [5, 5.41) is 20.7. The minimum absolute atomic E-state index is 0.0165. The van der Waals surface area contributed by atoms with Crippen LogP contribution in [0.25, 0.3) is 0 Å². The first-order valence-electron chi connectivity index (χ1n) is 6.83. The molecule has 0 radical (unpaired) electrons. The summed E-state index contributed by atoms with van der Waals surface area (Å²) in [6.07, 6.45) is 0.887. The predicted molar refractivity (Wildman–Crippen MR) is 69.3 cm³/mol. The third-order valence-electron chi connectivity index (χ3n) is 4.77. The van der Waals surface area contributed by atoms with Crippen LogP contribution in [-0.4, -0.2) is 53.6 Å². The van der Waals surface area contributed by atoms with Crippen LogP contribution in [0.5, 0.6) is 0 Å². The van der Waals surface area contributed by atoms with Gasteiger partial charge in [0, 0.05) is 24.5 Å². The molecule has 4 unspecified atom stereocenters. The fraction of sp³-hybridized carbons (Fsp3) is 0.923. The predicted octanol–water partition coefficient (Wildman–Crippen LogP) is -1.01. The van der Waals surface area contributed by atoms with Crippen LogP contribution in [0.3, 0.4) is 0 Å². The van der Waals surface area contributed by atoms with Gasteiger partial charge in [0.05, 0.1) is 18.8 Å². The van der Waals surface area contributed by atoms with E-state index in [0.29, 0.717) is 0 Å².